The van der Waals surface area contributed by atoms with Crippen LogP contribution in [0.5, 0.6) is 23.0 Å². The van der Waals surface area contributed by atoms with Crippen LogP contribution in [0.15, 0.2) is 140 Å². The van der Waals surface area contributed by atoms with Crippen molar-refractivity contribution in [1.82, 2.24) is 5.48 Å². The van der Waals surface area contributed by atoms with E-state index in [0.29, 0.717) is 55.0 Å². The average Bonchev–Trinajstić information content (AvgIpc) is 3.16. The van der Waals surface area contributed by atoms with Crippen molar-refractivity contribution < 1.29 is 38.1 Å². The summed E-state index contributed by atoms with van der Waals surface area (Å²) in [5, 5.41) is 0. The maximum absolute atomic E-state index is 14.0. The molecule has 1 N–H and O–H groups in total. The molecule has 5 aromatic rings. The molecule has 0 radical (unpaired) electrons. The highest BCUT2D eigenvalue weighted by molar-refractivity contribution is 5.81. The first-order chi connectivity index (χ1) is 24.2. The Labute approximate surface area is 286 Å². The molecule has 1 heterocycles. The third kappa shape index (κ3) is 9.17. The molecule has 1 unspecified atom stereocenters. The Bertz CT molecular complexity index is 1680. The van der Waals surface area contributed by atoms with Gasteiger partial charge in [-0.3, -0.25) is 9.63 Å². The lowest BCUT2D eigenvalue weighted by atomic mass is 9.94. The minimum Gasteiger partial charge on any atom is -0.487 e. The van der Waals surface area contributed by atoms with E-state index in [1.807, 2.05) is 140 Å². The average molecular weight is 662 g/mol. The molecule has 0 aromatic heterocycles. The first-order valence-electron chi connectivity index (χ1n) is 16.2. The van der Waals surface area contributed by atoms with Crippen LogP contribution >= 0.6 is 0 Å². The molecule has 5 aromatic carbocycles. The molecule has 0 saturated carbocycles. The van der Waals surface area contributed by atoms with Crippen molar-refractivity contribution in [2.75, 3.05) is 39.6 Å². The number of hydroxylamine groups is 1. The van der Waals surface area contributed by atoms with Gasteiger partial charge in [-0.15, -0.1) is 0 Å². The molecule has 1 amide bonds. The Balaban J connectivity index is 1.38. The SMILES string of the molecule is O=C(NOCc1ccccc1)C(OC1(c2ccccc2)COc2ccccc2OCCOCCOc2ccccc2OC1)c1ccccc1. The number of fused-ring (bicyclic) bond motifs is 2. The molecule has 1 atom stereocenters. The summed E-state index contributed by atoms with van der Waals surface area (Å²) in [6, 6.07) is 43.3. The Kier molecular flexibility index (Phi) is 11.8. The van der Waals surface area contributed by atoms with Crippen LogP contribution in [-0.2, 0) is 31.3 Å². The third-order valence-corrected chi connectivity index (χ3v) is 7.83. The Morgan fingerprint density at radius 3 is 1.61 bits per heavy atom. The second-order valence-electron chi connectivity index (χ2n) is 11.3. The standard InChI is InChI=1S/C40H39NO8/c42-39(41-48-28-31-14-4-1-5-15-31)38(32-16-6-2-7-17-32)49-40(33-18-8-3-9-19-33)29-46-36-22-12-10-20-34(36)44-26-24-43-25-27-45-35-21-11-13-23-37(35)47-30-40/h1-23,38H,24-30H2,(H,41,42). The van der Waals surface area contributed by atoms with Crippen molar-refractivity contribution in [3.63, 3.8) is 0 Å². The number of amides is 1. The van der Waals surface area contributed by atoms with E-state index >= 15 is 0 Å². The Morgan fingerprint density at radius 1 is 0.592 bits per heavy atom. The van der Waals surface area contributed by atoms with Gasteiger partial charge in [0.25, 0.3) is 5.91 Å². The molecule has 0 bridgehead atoms. The van der Waals surface area contributed by atoms with E-state index in [0.717, 1.165) is 11.1 Å². The zero-order chi connectivity index (χ0) is 33.6. The summed E-state index contributed by atoms with van der Waals surface area (Å²) in [6.07, 6.45) is -1.12. The largest absolute Gasteiger partial charge is 0.487 e. The normalized spacial score (nSPS) is 15.4. The molecule has 9 heteroatoms. The smallest absolute Gasteiger partial charge is 0.277 e. The van der Waals surface area contributed by atoms with Gasteiger partial charge in [0.2, 0.25) is 0 Å². The van der Waals surface area contributed by atoms with Gasteiger partial charge in [-0.05, 0) is 41.0 Å². The van der Waals surface area contributed by atoms with Crippen molar-refractivity contribution in [2.24, 2.45) is 0 Å². The highest BCUT2D eigenvalue weighted by Crippen LogP contribution is 2.38. The zero-order valence-corrected chi connectivity index (χ0v) is 27.1. The lowest BCUT2D eigenvalue weighted by Gasteiger charge is -2.37. The quantitative estimate of drug-likeness (QED) is 0.181. The Morgan fingerprint density at radius 2 is 1.06 bits per heavy atom. The lowest BCUT2D eigenvalue weighted by Crippen LogP contribution is -2.46. The van der Waals surface area contributed by atoms with Crippen LogP contribution in [0.3, 0.4) is 0 Å². The van der Waals surface area contributed by atoms with E-state index in [1.165, 1.54) is 0 Å². The third-order valence-electron chi connectivity index (χ3n) is 7.83. The first-order valence-corrected chi connectivity index (χ1v) is 16.2. The van der Waals surface area contributed by atoms with Crippen molar-refractivity contribution in [1.29, 1.82) is 0 Å². The first kappa shape index (κ1) is 33.5. The topological polar surface area (TPSA) is 93.7 Å². The van der Waals surface area contributed by atoms with Crippen molar-refractivity contribution in [2.45, 2.75) is 18.3 Å². The summed E-state index contributed by atoms with van der Waals surface area (Å²) in [6.45, 7) is 1.47. The highest BCUT2D eigenvalue weighted by Gasteiger charge is 2.41. The van der Waals surface area contributed by atoms with E-state index in [1.54, 1.807) is 0 Å². The number of para-hydroxylation sites is 4. The zero-order valence-electron chi connectivity index (χ0n) is 27.1. The molecule has 9 nitrogen and oxygen atoms in total. The molecule has 0 spiro atoms. The van der Waals surface area contributed by atoms with Crippen LogP contribution in [0.2, 0.25) is 0 Å². The number of nitrogens with one attached hydrogen (secondary N) is 1. The molecule has 252 valence electrons. The molecule has 0 fully saturated rings. The number of benzene rings is 5. The number of ether oxygens (including phenoxy) is 6. The van der Waals surface area contributed by atoms with Crippen molar-refractivity contribution >= 4 is 5.91 Å². The fourth-order valence-corrected chi connectivity index (χ4v) is 5.32. The summed E-state index contributed by atoms with van der Waals surface area (Å²) < 4.78 is 37.9. The summed E-state index contributed by atoms with van der Waals surface area (Å²) in [5.41, 5.74) is 3.55. The molecular weight excluding hydrogens is 622 g/mol. The monoisotopic (exact) mass is 661 g/mol. The van der Waals surface area contributed by atoms with Gasteiger partial charge in [0.1, 0.15) is 26.4 Å². The van der Waals surface area contributed by atoms with Gasteiger partial charge in [-0.25, -0.2) is 5.48 Å². The fourth-order valence-electron chi connectivity index (χ4n) is 5.32. The van der Waals surface area contributed by atoms with Crippen LogP contribution in [0.4, 0.5) is 0 Å². The predicted molar refractivity (Wildman–Crippen MR) is 183 cm³/mol. The number of hydrogen-bond donors (Lipinski definition) is 1. The van der Waals surface area contributed by atoms with E-state index in [2.05, 4.69) is 5.48 Å². The van der Waals surface area contributed by atoms with Crippen LogP contribution in [-0.4, -0.2) is 45.5 Å². The Hall–Kier alpha value is -5.35. The maximum atomic E-state index is 14.0. The molecule has 6 rings (SSSR count). The fraction of sp³-hybridized carbons (Fsp3) is 0.225. The van der Waals surface area contributed by atoms with Crippen LogP contribution in [0.1, 0.15) is 22.8 Å². The van der Waals surface area contributed by atoms with Crippen LogP contribution in [0, 0.1) is 0 Å². The molecule has 0 aliphatic carbocycles. The second kappa shape index (κ2) is 17.2. The van der Waals surface area contributed by atoms with Crippen LogP contribution in [0.25, 0.3) is 0 Å². The molecule has 0 saturated heterocycles. The second-order valence-corrected chi connectivity index (χ2v) is 11.3. The lowest BCUT2D eigenvalue weighted by molar-refractivity contribution is -0.174. The van der Waals surface area contributed by atoms with E-state index < -0.39 is 17.6 Å². The van der Waals surface area contributed by atoms with Gasteiger partial charge in [0.05, 0.1) is 19.8 Å². The van der Waals surface area contributed by atoms with Gasteiger partial charge in [0.15, 0.2) is 34.7 Å². The van der Waals surface area contributed by atoms with E-state index in [4.69, 9.17) is 33.3 Å². The van der Waals surface area contributed by atoms with Gasteiger partial charge in [-0.1, -0.05) is 115 Å². The van der Waals surface area contributed by atoms with Crippen molar-refractivity contribution in [3.05, 3.63) is 156 Å². The highest BCUT2D eigenvalue weighted by atomic mass is 16.7. The molecule has 1 aliphatic heterocycles. The summed E-state index contributed by atoms with van der Waals surface area (Å²) in [7, 11) is 0. The number of hydrogen-bond acceptors (Lipinski definition) is 8. The number of carbonyl (C=O) groups is 1. The maximum Gasteiger partial charge on any atom is 0.277 e. The summed E-state index contributed by atoms with van der Waals surface area (Å²) >= 11 is 0. The molecule has 1 aliphatic rings. The van der Waals surface area contributed by atoms with E-state index in [9.17, 15) is 4.79 Å². The van der Waals surface area contributed by atoms with Gasteiger partial charge in [-0.2, -0.15) is 0 Å². The van der Waals surface area contributed by atoms with Crippen LogP contribution < -0.4 is 24.4 Å². The molecule has 49 heavy (non-hydrogen) atoms. The van der Waals surface area contributed by atoms with Gasteiger partial charge >= 0.3 is 0 Å². The molecular formula is C40H39NO8. The summed E-state index contributed by atoms with van der Waals surface area (Å²) in [4.78, 5) is 19.7. The van der Waals surface area contributed by atoms with E-state index in [-0.39, 0.29) is 19.8 Å². The number of rotatable bonds is 8. The van der Waals surface area contributed by atoms with Gasteiger partial charge in [0, 0.05) is 0 Å². The number of carbonyl (C=O) groups excluding carboxylic acids is 1. The predicted octanol–water partition coefficient (Wildman–Crippen LogP) is 6.83. The summed E-state index contributed by atoms with van der Waals surface area (Å²) in [5.74, 6) is 1.63. The minimum absolute atomic E-state index is 0.0433. The minimum atomic E-state index is -1.33. The van der Waals surface area contributed by atoms with Crippen molar-refractivity contribution in [3.8, 4) is 23.0 Å². The van der Waals surface area contributed by atoms with Gasteiger partial charge < -0.3 is 28.4 Å².